The Morgan fingerprint density at radius 3 is 2.58 bits per heavy atom. The zero-order chi connectivity index (χ0) is 17.3. The van der Waals surface area contributed by atoms with Gasteiger partial charge in [-0.05, 0) is 50.5 Å². The van der Waals surface area contributed by atoms with E-state index in [0.717, 1.165) is 50.9 Å². The average molecular weight is 345 g/mol. The minimum atomic E-state index is -4.46. The van der Waals surface area contributed by atoms with Crippen molar-refractivity contribution < 1.29 is 17.7 Å². The van der Waals surface area contributed by atoms with Crippen LogP contribution in [0.4, 0.5) is 13.2 Å². The van der Waals surface area contributed by atoms with Gasteiger partial charge in [-0.2, -0.15) is 13.2 Å². The zero-order valence-corrected chi connectivity index (χ0v) is 14.1. The number of likely N-dealkylation sites (tertiary alicyclic amines) is 1. The minimum Gasteiger partial charge on any atom is -0.351 e. The van der Waals surface area contributed by atoms with Crippen molar-refractivity contribution in [2.75, 3.05) is 19.6 Å². The van der Waals surface area contributed by atoms with Gasteiger partial charge in [0, 0.05) is 31.1 Å². The summed E-state index contributed by atoms with van der Waals surface area (Å²) in [4.78, 5) is 2.35. The number of rotatable bonds is 4. The largest absolute Gasteiger partial charge is 0.452 e. The van der Waals surface area contributed by atoms with E-state index in [4.69, 9.17) is 5.73 Å². The van der Waals surface area contributed by atoms with Crippen molar-refractivity contribution in [2.45, 2.75) is 57.2 Å². The first-order valence-electron chi connectivity index (χ1n) is 8.84. The normalized spacial score (nSPS) is 32.4. The minimum absolute atomic E-state index is 0.0182. The standard InChI is InChI=1S/C17H26F3N3O/c1-11-9-23(7-6-12-2-4-13(21)5-3-12)10-14(11)15-8-16(24-22-15)17(18,19)20/h8,11-14H,2-7,9-10,21H2,1H3/t11-,12-,13-,14-/m0/s1. The van der Waals surface area contributed by atoms with Crippen molar-refractivity contribution in [3.05, 3.63) is 17.5 Å². The summed E-state index contributed by atoms with van der Waals surface area (Å²) in [6.07, 6.45) is 1.32. The van der Waals surface area contributed by atoms with E-state index >= 15 is 0 Å². The Kier molecular flexibility index (Phi) is 5.20. The molecule has 0 unspecified atom stereocenters. The van der Waals surface area contributed by atoms with Crippen LogP contribution < -0.4 is 5.73 Å². The van der Waals surface area contributed by atoms with Crippen LogP contribution in [0.15, 0.2) is 10.6 Å². The van der Waals surface area contributed by atoms with Gasteiger partial charge in [0.2, 0.25) is 5.76 Å². The van der Waals surface area contributed by atoms with Gasteiger partial charge in [0.15, 0.2) is 0 Å². The molecule has 1 saturated carbocycles. The number of aromatic nitrogens is 1. The molecule has 2 heterocycles. The van der Waals surface area contributed by atoms with Crippen molar-refractivity contribution in [3.63, 3.8) is 0 Å². The maximum atomic E-state index is 12.7. The van der Waals surface area contributed by atoms with Crippen LogP contribution in [0.25, 0.3) is 0 Å². The smallest absolute Gasteiger partial charge is 0.351 e. The second-order valence-electron chi connectivity index (χ2n) is 7.53. The summed E-state index contributed by atoms with van der Waals surface area (Å²) in [5.41, 5.74) is 6.37. The summed E-state index contributed by atoms with van der Waals surface area (Å²) >= 11 is 0. The van der Waals surface area contributed by atoms with Crippen molar-refractivity contribution in [3.8, 4) is 0 Å². The van der Waals surface area contributed by atoms with Gasteiger partial charge in [-0.1, -0.05) is 12.1 Å². The Morgan fingerprint density at radius 2 is 1.96 bits per heavy atom. The number of alkyl halides is 3. The fourth-order valence-electron chi connectivity index (χ4n) is 4.07. The molecule has 2 N–H and O–H groups in total. The predicted octanol–water partition coefficient (Wildman–Crippen LogP) is 3.64. The van der Waals surface area contributed by atoms with E-state index in [1.54, 1.807) is 0 Å². The van der Waals surface area contributed by atoms with Crippen LogP contribution in [0.2, 0.25) is 0 Å². The second-order valence-corrected chi connectivity index (χ2v) is 7.53. The summed E-state index contributed by atoms with van der Waals surface area (Å²) in [6, 6.07) is 1.43. The third kappa shape index (κ3) is 4.11. The molecule has 4 nitrogen and oxygen atoms in total. The lowest BCUT2D eigenvalue weighted by Crippen LogP contribution is -2.29. The molecule has 3 rings (SSSR count). The highest BCUT2D eigenvalue weighted by Gasteiger charge is 2.39. The van der Waals surface area contributed by atoms with E-state index in [1.165, 1.54) is 12.8 Å². The molecule has 1 aromatic heterocycles. The predicted molar refractivity (Wildman–Crippen MR) is 84.4 cm³/mol. The van der Waals surface area contributed by atoms with Crippen molar-refractivity contribution in [2.24, 2.45) is 17.6 Å². The number of nitrogens with zero attached hydrogens (tertiary/aromatic N) is 2. The molecule has 1 saturated heterocycles. The van der Waals surface area contributed by atoms with Crippen LogP contribution in [0.5, 0.6) is 0 Å². The average Bonchev–Trinajstić information content (AvgIpc) is 3.13. The van der Waals surface area contributed by atoms with E-state index < -0.39 is 11.9 Å². The van der Waals surface area contributed by atoms with Gasteiger partial charge in [-0.3, -0.25) is 0 Å². The molecule has 2 aliphatic rings. The fourth-order valence-corrected chi connectivity index (χ4v) is 4.07. The maximum Gasteiger partial charge on any atom is 0.452 e. The molecule has 136 valence electrons. The van der Waals surface area contributed by atoms with Gasteiger partial charge < -0.3 is 15.2 Å². The Balaban J connectivity index is 1.52. The number of nitrogens with two attached hydrogens (primary N) is 1. The van der Waals surface area contributed by atoms with E-state index in [-0.39, 0.29) is 11.8 Å². The molecular weight excluding hydrogens is 319 g/mol. The fraction of sp³-hybridized carbons (Fsp3) is 0.824. The first kappa shape index (κ1) is 17.7. The molecule has 24 heavy (non-hydrogen) atoms. The van der Waals surface area contributed by atoms with Crippen LogP contribution >= 0.6 is 0 Å². The highest BCUT2D eigenvalue weighted by molar-refractivity contribution is 5.16. The number of hydrogen-bond donors (Lipinski definition) is 1. The molecule has 1 aliphatic heterocycles. The summed E-state index contributed by atoms with van der Waals surface area (Å²) in [7, 11) is 0. The second kappa shape index (κ2) is 7.04. The molecule has 0 radical (unpaired) electrons. The summed E-state index contributed by atoms with van der Waals surface area (Å²) < 4.78 is 42.5. The Labute approximate surface area is 140 Å². The maximum absolute atomic E-state index is 12.7. The van der Waals surface area contributed by atoms with E-state index in [9.17, 15) is 13.2 Å². The molecule has 0 aromatic carbocycles. The van der Waals surface area contributed by atoms with Crippen LogP contribution in [0.1, 0.15) is 56.4 Å². The lowest BCUT2D eigenvalue weighted by molar-refractivity contribution is -0.155. The summed E-state index contributed by atoms with van der Waals surface area (Å²) in [5, 5.41) is 3.67. The Bertz CT molecular complexity index is 537. The van der Waals surface area contributed by atoms with Gasteiger partial charge in [-0.15, -0.1) is 0 Å². The van der Waals surface area contributed by atoms with Crippen LogP contribution in [0, 0.1) is 11.8 Å². The molecule has 0 amide bonds. The van der Waals surface area contributed by atoms with Crippen LogP contribution in [-0.2, 0) is 6.18 Å². The Hall–Kier alpha value is -1.08. The summed E-state index contributed by atoms with van der Waals surface area (Å²) in [6.45, 7) is 4.75. The molecule has 2 fully saturated rings. The van der Waals surface area contributed by atoms with Crippen molar-refractivity contribution in [1.29, 1.82) is 0 Å². The van der Waals surface area contributed by atoms with Crippen molar-refractivity contribution >= 4 is 0 Å². The van der Waals surface area contributed by atoms with Gasteiger partial charge >= 0.3 is 6.18 Å². The lowest BCUT2D eigenvalue weighted by Gasteiger charge is -2.27. The summed E-state index contributed by atoms with van der Waals surface area (Å²) in [5.74, 6) is 0.0466. The molecule has 0 bridgehead atoms. The highest BCUT2D eigenvalue weighted by Crippen LogP contribution is 2.36. The molecule has 2 atom stereocenters. The van der Waals surface area contributed by atoms with Gasteiger partial charge in [0.05, 0.1) is 5.69 Å². The monoisotopic (exact) mass is 345 g/mol. The van der Waals surface area contributed by atoms with E-state index in [0.29, 0.717) is 11.7 Å². The Morgan fingerprint density at radius 1 is 1.25 bits per heavy atom. The van der Waals surface area contributed by atoms with Crippen molar-refractivity contribution in [1.82, 2.24) is 10.1 Å². The van der Waals surface area contributed by atoms with Crippen LogP contribution in [0.3, 0.4) is 0 Å². The lowest BCUT2D eigenvalue weighted by atomic mass is 9.84. The molecular formula is C17H26F3N3O. The zero-order valence-electron chi connectivity index (χ0n) is 14.1. The van der Waals surface area contributed by atoms with Gasteiger partial charge in [0.1, 0.15) is 0 Å². The molecule has 7 heteroatoms. The molecule has 0 spiro atoms. The molecule has 1 aliphatic carbocycles. The highest BCUT2D eigenvalue weighted by atomic mass is 19.4. The van der Waals surface area contributed by atoms with Gasteiger partial charge in [-0.25, -0.2) is 0 Å². The first-order chi connectivity index (χ1) is 11.3. The SMILES string of the molecule is C[C@H]1CN(CC[C@H]2CC[C@H](N)CC2)C[C@@H]1c1cc(C(F)(F)F)on1. The quantitative estimate of drug-likeness (QED) is 0.905. The number of halogens is 3. The van der Waals surface area contributed by atoms with Crippen LogP contribution in [-0.4, -0.2) is 35.7 Å². The number of hydrogen-bond acceptors (Lipinski definition) is 4. The van der Waals surface area contributed by atoms with E-state index in [1.807, 2.05) is 0 Å². The van der Waals surface area contributed by atoms with E-state index in [2.05, 4.69) is 21.5 Å². The third-order valence-corrected chi connectivity index (χ3v) is 5.62. The van der Waals surface area contributed by atoms with Gasteiger partial charge in [0.25, 0.3) is 0 Å². The first-order valence-corrected chi connectivity index (χ1v) is 8.84. The molecule has 1 aromatic rings. The third-order valence-electron chi connectivity index (χ3n) is 5.62. The topological polar surface area (TPSA) is 55.3 Å².